The van der Waals surface area contributed by atoms with E-state index in [-0.39, 0.29) is 12.1 Å². The second-order valence-corrected chi connectivity index (χ2v) is 8.43. The van der Waals surface area contributed by atoms with Crippen LogP contribution in [0.4, 0.5) is 35.0 Å². The molecule has 184 valence electrons. The lowest BCUT2D eigenvalue weighted by molar-refractivity contribution is -0.138. The molecule has 1 aromatic carbocycles. The molecular formula is C24H24F4N6O. The SMILES string of the molecule is Fc1ccc(C(F)(F)F)c(CN2CCCNc3ncc(-c4ccc(N5CCOCC5)nc4)nc32)c1. The molecule has 0 spiro atoms. The van der Waals surface area contributed by atoms with E-state index in [1.54, 1.807) is 17.3 Å². The first-order chi connectivity index (χ1) is 16.9. The quantitative estimate of drug-likeness (QED) is 0.548. The van der Waals surface area contributed by atoms with Gasteiger partial charge < -0.3 is 19.9 Å². The largest absolute Gasteiger partial charge is 0.416 e. The number of fused-ring (bicyclic) bond motifs is 1. The van der Waals surface area contributed by atoms with Crippen molar-refractivity contribution in [1.82, 2.24) is 15.0 Å². The average Bonchev–Trinajstić information content (AvgIpc) is 3.06. The summed E-state index contributed by atoms with van der Waals surface area (Å²) >= 11 is 0. The molecule has 11 heteroatoms. The monoisotopic (exact) mass is 488 g/mol. The molecule has 0 saturated carbocycles. The number of rotatable bonds is 4. The molecule has 7 nitrogen and oxygen atoms in total. The molecule has 0 aliphatic carbocycles. The number of anilines is 3. The smallest absolute Gasteiger partial charge is 0.378 e. The van der Waals surface area contributed by atoms with E-state index in [9.17, 15) is 17.6 Å². The molecule has 0 unspecified atom stereocenters. The summed E-state index contributed by atoms with van der Waals surface area (Å²) in [7, 11) is 0. The van der Waals surface area contributed by atoms with Crippen LogP contribution >= 0.6 is 0 Å². The number of pyridine rings is 1. The molecule has 1 N–H and O–H groups in total. The molecule has 0 bridgehead atoms. The van der Waals surface area contributed by atoms with Crippen LogP contribution in [0.2, 0.25) is 0 Å². The topological polar surface area (TPSA) is 66.4 Å². The predicted molar refractivity (Wildman–Crippen MR) is 124 cm³/mol. The first-order valence-corrected chi connectivity index (χ1v) is 11.4. The third kappa shape index (κ3) is 5.14. The summed E-state index contributed by atoms with van der Waals surface area (Å²) < 4.78 is 59.9. The van der Waals surface area contributed by atoms with Gasteiger partial charge in [0, 0.05) is 44.5 Å². The Hall–Kier alpha value is -3.47. The molecule has 2 aliphatic heterocycles. The van der Waals surface area contributed by atoms with Gasteiger partial charge in [0.25, 0.3) is 0 Å². The minimum absolute atomic E-state index is 0.144. The number of hydrogen-bond donors (Lipinski definition) is 1. The standard InChI is InChI=1S/C24H24F4N6O/c25-18-3-4-19(24(26,27)28)17(12-18)15-34-7-1-6-29-22-23(34)32-20(14-31-22)16-2-5-21(30-13-16)33-8-10-35-11-9-33/h2-5,12-14H,1,6-11,15H2,(H,29,31). The number of halogens is 4. The van der Waals surface area contributed by atoms with E-state index in [0.717, 1.165) is 42.7 Å². The van der Waals surface area contributed by atoms with Gasteiger partial charge in [0.2, 0.25) is 0 Å². The van der Waals surface area contributed by atoms with Crippen molar-refractivity contribution in [2.24, 2.45) is 0 Å². The van der Waals surface area contributed by atoms with Crippen molar-refractivity contribution in [1.29, 1.82) is 0 Å². The van der Waals surface area contributed by atoms with Gasteiger partial charge in [-0.15, -0.1) is 0 Å². The van der Waals surface area contributed by atoms with Gasteiger partial charge in [0.05, 0.1) is 30.7 Å². The van der Waals surface area contributed by atoms with E-state index in [0.29, 0.717) is 50.1 Å². The summed E-state index contributed by atoms with van der Waals surface area (Å²) in [6.07, 6.45) is -0.592. The van der Waals surface area contributed by atoms with Crippen LogP contribution in [0.15, 0.2) is 42.7 Å². The predicted octanol–water partition coefficient (Wildman–Crippen LogP) is 4.36. The number of benzene rings is 1. The van der Waals surface area contributed by atoms with Crippen LogP contribution in [0.3, 0.4) is 0 Å². The van der Waals surface area contributed by atoms with Crippen LogP contribution in [-0.4, -0.2) is 54.3 Å². The molecule has 0 radical (unpaired) electrons. The number of hydrogen-bond acceptors (Lipinski definition) is 7. The summed E-state index contributed by atoms with van der Waals surface area (Å²) in [5.41, 5.74) is 0.288. The minimum Gasteiger partial charge on any atom is -0.378 e. The summed E-state index contributed by atoms with van der Waals surface area (Å²) in [5.74, 6) is 1.03. The molecule has 1 fully saturated rings. The van der Waals surface area contributed by atoms with Crippen LogP contribution in [0.1, 0.15) is 17.5 Å². The van der Waals surface area contributed by atoms with Crippen molar-refractivity contribution in [2.45, 2.75) is 19.1 Å². The zero-order valence-corrected chi connectivity index (χ0v) is 18.9. The Morgan fingerprint density at radius 1 is 1.00 bits per heavy atom. The number of nitrogens with one attached hydrogen (secondary N) is 1. The number of alkyl halides is 3. The van der Waals surface area contributed by atoms with Crippen molar-refractivity contribution < 1.29 is 22.3 Å². The molecule has 2 aliphatic rings. The maximum Gasteiger partial charge on any atom is 0.416 e. The summed E-state index contributed by atoms with van der Waals surface area (Å²) in [6.45, 7) is 3.75. The third-order valence-electron chi connectivity index (χ3n) is 6.06. The highest BCUT2D eigenvalue weighted by molar-refractivity contribution is 5.68. The van der Waals surface area contributed by atoms with Gasteiger partial charge in [-0.1, -0.05) is 0 Å². The van der Waals surface area contributed by atoms with Crippen LogP contribution < -0.4 is 15.1 Å². The van der Waals surface area contributed by atoms with Crippen molar-refractivity contribution in [3.05, 3.63) is 59.7 Å². The molecule has 1 saturated heterocycles. The molecule has 4 heterocycles. The maximum atomic E-state index is 13.9. The van der Waals surface area contributed by atoms with Crippen molar-refractivity contribution in [2.75, 3.05) is 54.5 Å². The Bertz CT molecular complexity index is 1180. The van der Waals surface area contributed by atoms with Gasteiger partial charge in [-0.05, 0) is 42.3 Å². The second-order valence-electron chi connectivity index (χ2n) is 8.43. The third-order valence-corrected chi connectivity index (χ3v) is 6.06. The fourth-order valence-corrected chi connectivity index (χ4v) is 4.29. The Morgan fingerprint density at radius 3 is 2.57 bits per heavy atom. The first kappa shape index (κ1) is 23.3. The number of morpholine rings is 1. The van der Waals surface area contributed by atoms with Gasteiger partial charge >= 0.3 is 6.18 Å². The first-order valence-electron chi connectivity index (χ1n) is 11.4. The summed E-state index contributed by atoms with van der Waals surface area (Å²) in [6, 6.07) is 6.36. The van der Waals surface area contributed by atoms with Gasteiger partial charge in [0.1, 0.15) is 11.6 Å². The molecule has 3 aromatic rings. The zero-order chi connectivity index (χ0) is 24.4. The minimum atomic E-state index is -4.59. The molecule has 0 amide bonds. The normalized spacial score (nSPS) is 16.5. The second kappa shape index (κ2) is 9.65. The van der Waals surface area contributed by atoms with Crippen molar-refractivity contribution in [3.63, 3.8) is 0 Å². The Labute approximate surface area is 199 Å². The fourth-order valence-electron chi connectivity index (χ4n) is 4.29. The zero-order valence-electron chi connectivity index (χ0n) is 18.9. The highest BCUT2D eigenvalue weighted by Crippen LogP contribution is 2.35. The lowest BCUT2D eigenvalue weighted by atomic mass is 10.1. The lowest BCUT2D eigenvalue weighted by Gasteiger charge is -2.27. The fraction of sp³-hybridized carbons (Fsp3) is 0.375. The van der Waals surface area contributed by atoms with E-state index in [2.05, 4.69) is 20.2 Å². The molecule has 2 aromatic heterocycles. The number of ether oxygens (including phenoxy) is 1. The van der Waals surface area contributed by atoms with Crippen LogP contribution in [0.5, 0.6) is 0 Å². The van der Waals surface area contributed by atoms with E-state index < -0.39 is 17.6 Å². The number of aromatic nitrogens is 3. The Morgan fingerprint density at radius 2 is 1.83 bits per heavy atom. The Kier molecular flexibility index (Phi) is 6.42. The average molecular weight is 488 g/mol. The van der Waals surface area contributed by atoms with Gasteiger partial charge in [0.15, 0.2) is 11.6 Å². The highest BCUT2D eigenvalue weighted by Gasteiger charge is 2.34. The van der Waals surface area contributed by atoms with Gasteiger partial charge in [-0.25, -0.2) is 19.3 Å². The summed E-state index contributed by atoms with van der Waals surface area (Å²) in [5, 5.41) is 3.18. The molecule has 5 rings (SSSR count). The van der Waals surface area contributed by atoms with E-state index in [4.69, 9.17) is 9.72 Å². The molecular weight excluding hydrogens is 464 g/mol. The number of nitrogens with zero attached hydrogens (tertiary/aromatic N) is 5. The van der Waals surface area contributed by atoms with E-state index in [1.165, 1.54) is 0 Å². The van der Waals surface area contributed by atoms with Crippen LogP contribution in [-0.2, 0) is 17.5 Å². The van der Waals surface area contributed by atoms with Crippen LogP contribution in [0.25, 0.3) is 11.3 Å². The van der Waals surface area contributed by atoms with Crippen molar-refractivity contribution in [3.8, 4) is 11.3 Å². The van der Waals surface area contributed by atoms with Crippen molar-refractivity contribution >= 4 is 17.5 Å². The van der Waals surface area contributed by atoms with Gasteiger partial charge in [-0.3, -0.25) is 0 Å². The lowest BCUT2D eigenvalue weighted by Crippen LogP contribution is -2.36. The van der Waals surface area contributed by atoms with Gasteiger partial charge in [-0.2, -0.15) is 13.2 Å². The molecule has 35 heavy (non-hydrogen) atoms. The maximum absolute atomic E-state index is 13.9. The van der Waals surface area contributed by atoms with E-state index in [1.807, 2.05) is 12.1 Å². The summed E-state index contributed by atoms with van der Waals surface area (Å²) in [4.78, 5) is 17.6. The Balaban J connectivity index is 1.45. The molecule has 0 atom stereocenters. The van der Waals surface area contributed by atoms with E-state index >= 15 is 0 Å². The highest BCUT2D eigenvalue weighted by atomic mass is 19.4. The van der Waals surface area contributed by atoms with Crippen LogP contribution in [0, 0.1) is 5.82 Å².